The fraction of sp³-hybridized carbons (Fsp3) is 0.0385. The van der Waals surface area contributed by atoms with E-state index in [1.807, 2.05) is 30.3 Å². The van der Waals surface area contributed by atoms with Crippen LogP contribution in [0, 0.1) is 5.82 Å². The van der Waals surface area contributed by atoms with E-state index in [0.717, 1.165) is 10.8 Å². The Hall–Kier alpha value is -4.32. The Balaban J connectivity index is 1.73. The van der Waals surface area contributed by atoms with Crippen LogP contribution >= 0.6 is 0 Å². The summed E-state index contributed by atoms with van der Waals surface area (Å²) in [6.07, 6.45) is 1.54. The summed E-state index contributed by atoms with van der Waals surface area (Å²) in [6, 6.07) is 22.5. The lowest BCUT2D eigenvalue weighted by Crippen LogP contribution is -2.29. The first-order chi connectivity index (χ1) is 15.5. The first-order valence-electron chi connectivity index (χ1n) is 10.0. The molecule has 1 atom stereocenters. The van der Waals surface area contributed by atoms with Crippen molar-refractivity contribution in [2.45, 2.75) is 6.04 Å². The second-order valence-corrected chi connectivity index (χ2v) is 7.47. The van der Waals surface area contributed by atoms with Gasteiger partial charge in [-0.05, 0) is 47.2 Å². The van der Waals surface area contributed by atoms with Gasteiger partial charge in [-0.25, -0.2) is 4.39 Å². The highest BCUT2D eigenvalue weighted by Crippen LogP contribution is 2.41. The highest BCUT2D eigenvalue weighted by Gasteiger charge is 2.47. The van der Waals surface area contributed by atoms with Gasteiger partial charge in [0.15, 0.2) is 0 Å². The molecule has 1 fully saturated rings. The zero-order valence-corrected chi connectivity index (χ0v) is 16.8. The van der Waals surface area contributed by atoms with Crippen molar-refractivity contribution in [3.8, 4) is 0 Å². The summed E-state index contributed by atoms with van der Waals surface area (Å²) in [5.74, 6) is -2.55. The molecule has 1 amide bonds. The number of aliphatic hydroxyl groups is 1. The minimum atomic E-state index is -0.996. The van der Waals surface area contributed by atoms with Gasteiger partial charge >= 0.3 is 0 Å². The molecule has 0 aliphatic carbocycles. The van der Waals surface area contributed by atoms with Crippen LogP contribution in [0.25, 0.3) is 16.5 Å². The average Bonchev–Trinajstić information content (AvgIpc) is 3.09. The number of pyridine rings is 1. The third-order valence-corrected chi connectivity index (χ3v) is 5.52. The molecule has 5 rings (SSSR count). The van der Waals surface area contributed by atoms with E-state index < -0.39 is 23.5 Å². The monoisotopic (exact) mass is 424 g/mol. The maximum Gasteiger partial charge on any atom is 0.300 e. The molecule has 0 radical (unpaired) electrons. The van der Waals surface area contributed by atoms with Gasteiger partial charge in [0.1, 0.15) is 17.6 Å². The number of carbonyl (C=O) groups excluding carboxylic acids is 2. The van der Waals surface area contributed by atoms with Crippen molar-refractivity contribution in [3.05, 3.63) is 114 Å². The molecule has 1 unspecified atom stereocenters. The maximum absolute atomic E-state index is 13.9. The van der Waals surface area contributed by atoms with Crippen molar-refractivity contribution in [2.24, 2.45) is 0 Å². The molecule has 0 saturated carbocycles. The van der Waals surface area contributed by atoms with Gasteiger partial charge in [-0.15, -0.1) is 0 Å². The number of rotatable bonds is 3. The average molecular weight is 424 g/mol. The molecule has 1 aromatic heterocycles. The fourth-order valence-corrected chi connectivity index (χ4v) is 4.03. The van der Waals surface area contributed by atoms with Gasteiger partial charge < -0.3 is 5.11 Å². The summed E-state index contributed by atoms with van der Waals surface area (Å²) in [4.78, 5) is 31.6. The van der Waals surface area contributed by atoms with E-state index in [0.29, 0.717) is 11.3 Å². The number of Topliss-reactive ketones (excluding diaryl/α,β-unsaturated/α-hetero) is 1. The number of aromatic nitrogens is 1. The zero-order chi connectivity index (χ0) is 22.2. The Kier molecular flexibility index (Phi) is 4.75. The number of fused-ring (bicyclic) bond motifs is 1. The fourth-order valence-electron chi connectivity index (χ4n) is 4.03. The molecule has 1 saturated heterocycles. The maximum atomic E-state index is 13.9. The number of ketones is 1. The molecule has 1 aliphatic heterocycles. The van der Waals surface area contributed by atoms with E-state index in [1.165, 1.54) is 29.3 Å². The van der Waals surface area contributed by atoms with Gasteiger partial charge in [-0.2, -0.15) is 0 Å². The SMILES string of the molecule is O=C1C(=O)N(c2cccc(F)c2)C(c2ccccn2)/C1=C(/O)c1ccc2ccccc2c1. The smallest absolute Gasteiger partial charge is 0.300 e. The number of benzene rings is 3. The highest BCUT2D eigenvalue weighted by atomic mass is 19.1. The lowest BCUT2D eigenvalue weighted by Gasteiger charge is -2.24. The Labute approximate surface area is 183 Å². The Morgan fingerprint density at radius 1 is 0.875 bits per heavy atom. The van der Waals surface area contributed by atoms with E-state index in [4.69, 9.17) is 0 Å². The number of hydrogen-bond donors (Lipinski definition) is 1. The van der Waals surface area contributed by atoms with E-state index in [1.54, 1.807) is 36.4 Å². The molecule has 156 valence electrons. The largest absolute Gasteiger partial charge is 0.507 e. The summed E-state index contributed by atoms with van der Waals surface area (Å²) < 4.78 is 13.9. The van der Waals surface area contributed by atoms with Crippen molar-refractivity contribution in [3.63, 3.8) is 0 Å². The van der Waals surface area contributed by atoms with Crippen LogP contribution in [0.1, 0.15) is 17.3 Å². The van der Waals surface area contributed by atoms with Gasteiger partial charge in [0.05, 0.1) is 11.3 Å². The predicted octanol–water partition coefficient (Wildman–Crippen LogP) is 5.00. The minimum absolute atomic E-state index is 0.0896. The minimum Gasteiger partial charge on any atom is -0.507 e. The lowest BCUT2D eigenvalue weighted by molar-refractivity contribution is -0.132. The van der Waals surface area contributed by atoms with Crippen LogP contribution in [0.15, 0.2) is 96.7 Å². The molecule has 3 aromatic carbocycles. The van der Waals surface area contributed by atoms with Crippen LogP contribution in [-0.2, 0) is 9.59 Å². The number of amides is 1. The van der Waals surface area contributed by atoms with Crippen LogP contribution < -0.4 is 4.90 Å². The van der Waals surface area contributed by atoms with Crippen LogP contribution in [0.5, 0.6) is 0 Å². The summed E-state index contributed by atoms with van der Waals surface area (Å²) in [5.41, 5.74) is 0.911. The molecule has 2 heterocycles. The Morgan fingerprint density at radius 3 is 2.41 bits per heavy atom. The molecule has 0 bridgehead atoms. The summed E-state index contributed by atoms with van der Waals surface area (Å²) in [6.45, 7) is 0. The number of aliphatic hydroxyl groups excluding tert-OH is 1. The topological polar surface area (TPSA) is 70.5 Å². The summed E-state index contributed by atoms with van der Waals surface area (Å²) in [7, 11) is 0. The second kappa shape index (κ2) is 7.74. The lowest BCUT2D eigenvalue weighted by atomic mass is 9.97. The third-order valence-electron chi connectivity index (χ3n) is 5.52. The number of nitrogens with zero attached hydrogens (tertiary/aromatic N) is 2. The van der Waals surface area contributed by atoms with Gasteiger partial charge in [0.25, 0.3) is 11.7 Å². The predicted molar refractivity (Wildman–Crippen MR) is 119 cm³/mol. The Morgan fingerprint density at radius 2 is 1.66 bits per heavy atom. The Bertz CT molecular complexity index is 1400. The van der Waals surface area contributed by atoms with E-state index in [9.17, 15) is 19.1 Å². The van der Waals surface area contributed by atoms with Crippen molar-refractivity contribution in [1.82, 2.24) is 4.98 Å². The molecule has 32 heavy (non-hydrogen) atoms. The van der Waals surface area contributed by atoms with E-state index >= 15 is 0 Å². The first kappa shape index (κ1) is 19.6. The van der Waals surface area contributed by atoms with Crippen LogP contribution in [0.2, 0.25) is 0 Å². The van der Waals surface area contributed by atoms with Crippen molar-refractivity contribution < 1.29 is 19.1 Å². The van der Waals surface area contributed by atoms with Gasteiger partial charge in [-0.1, -0.05) is 48.5 Å². The van der Waals surface area contributed by atoms with Crippen LogP contribution in [-0.4, -0.2) is 21.8 Å². The highest BCUT2D eigenvalue weighted by molar-refractivity contribution is 6.51. The van der Waals surface area contributed by atoms with Gasteiger partial charge in [0.2, 0.25) is 0 Å². The molecule has 6 heteroatoms. The van der Waals surface area contributed by atoms with E-state index in [2.05, 4.69) is 4.98 Å². The molecular formula is C26H17FN2O3. The number of halogens is 1. The first-order valence-corrected chi connectivity index (χ1v) is 10.0. The van der Waals surface area contributed by atoms with Crippen molar-refractivity contribution in [1.29, 1.82) is 0 Å². The number of anilines is 1. The quantitative estimate of drug-likeness (QED) is 0.285. The van der Waals surface area contributed by atoms with Crippen molar-refractivity contribution >= 4 is 33.9 Å². The molecule has 5 nitrogen and oxygen atoms in total. The third kappa shape index (κ3) is 3.22. The summed E-state index contributed by atoms with van der Waals surface area (Å²) in [5, 5.41) is 13.1. The second-order valence-electron chi connectivity index (χ2n) is 7.47. The van der Waals surface area contributed by atoms with E-state index in [-0.39, 0.29) is 17.0 Å². The molecule has 4 aromatic rings. The normalized spacial score (nSPS) is 17.8. The number of hydrogen-bond acceptors (Lipinski definition) is 4. The molecule has 1 N–H and O–H groups in total. The summed E-state index contributed by atoms with van der Waals surface area (Å²) >= 11 is 0. The van der Waals surface area contributed by atoms with Crippen molar-refractivity contribution in [2.75, 3.05) is 4.90 Å². The van der Waals surface area contributed by atoms with Gasteiger partial charge in [-0.3, -0.25) is 19.5 Å². The standard InChI is InChI=1S/C26H17FN2O3/c27-19-8-5-9-20(15-19)29-23(21-10-3-4-13-28-21)22(25(31)26(29)32)24(30)18-12-11-16-6-1-2-7-17(16)14-18/h1-15,23,30H/b24-22-. The van der Waals surface area contributed by atoms with Gasteiger partial charge in [0, 0.05) is 17.4 Å². The molecule has 0 spiro atoms. The number of carbonyl (C=O) groups is 2. The zero-order valence-electron chi connectivity index (χ0n) is 16.8. The molecule has 1 aliphatic rings. The molecular weight excluding hydrogens is 407 g/mol. The van der Waals surface area contributed by atoms with Crippen LogP contribution in [0.3, 0.4) is 0 Å². The van der Waals surface area contributed by atoms with Crippen LogP contribution in [0.4, 0.5) is 10.1 Å².